The van der Waals surface area contributed by atoms with Crippen LogP contribution < -0.4 is 21.3 Å². The third-order valence-electron chi connectivity index (χ3n) is 6.10. The van der Waals surface area contributed by atoms with Gasteiger partial charge in [0.2, 0.25) is 0 Å². The fraction of sp³-hybridized carbons (Fsp3) is 0.296. The summed E-state index contributed by atoms with van der Waals surface area (Å²) in [5.41, 5.74) is 10.4. The van der Waals surface area contributed by atoms with E-state index in [-0.39, 0.29) is 17.9 Å². The van der Waals surface area contributed by atoms with Crippen LogP contribution in [0.3, 0.4) is 0 Å². The van der Waals surface area contributed by atoms with Crippen molar-refractivity contribution >= 4 is 29.1 Å². The molecule has 3 aromatic rings. The highest BCUT2D eigenvalue weighted by atomic mass is 16.1. The molecule has 0 bridgehead atoms. The van der Waals surface area contributed by atoms with E-state index in [2.05, 4.69) is 49.6 Å². The van der Waals surface area contributed by atoms with E-state index in [1.165, 1.54) is 0 Å². The average Bonchev–Trinajstić information content (AvgIpc) is 2.86. The number of nitrogens with two attached hydrogens (primary N) is 1. The number of likely N-dealkylation sites (tertiary alicyclic amines) is 1. The van der Waals surface area contributed by atoms with Gasteiger partial charge < -0.3 is 26.2 Å². The molecule has 4 rings (SSSR count). The van der Waals surface area contributed by atoms with Gasteiger partial charge in [0.25, 0.3) is 5.91 Å². The number of pyridine rings is 1. The molecule has 0 unspecified atom stereocenters. The number of carbonyl (C=O) groups is 1. The first-order valence-corrected chi connectivity index (χ1v) is 11.8. The minimum atomic E-state index is -0.0490. The molecule has 1 fully saturated rings. The molecule has 1 saturated heterocycles. The number of piperidine rings is 1. The monoisotopic (exact) mass is 471 g/mol. The van der Waals surface area contributed by atoms with E-state index in [4.69, 9.17) is 5.73 Å². The van der Waals surface area contributed by atoms with Crippen LogP contribution >= 0.6 is 0 Å². The van der Waals surface area contributed by atoms with Gasteiger partial charge in [-0.25, -0.2) is 4.98 Å². The smallest absolute Gasteiger partial charge is 0.251 e. The number of hydrogen-bond donors (Lipinski definition) is 3. The third kappa shape index (κ3) is 6.58. The van der Waals surface area contributed by atoms with Crippen molar-refractivity contribution in [1.29, 1.82) is 0 Å². The summed E-state index contributed by atoms with van der Waals surface area (Å²) in [5.74, 6) is 0.684. The first-order chi connectivity index (χ1) is 16.9. The molecular formula is C27H33N7O. The van der Waals surface area contributed by atoms with E-state index >= 15 is 0 Å². The van der Waals surface area contributed by atoms with E-state index in [1.54, 1.807) is 12.1 Å². The van der Waals surface area contributed by atoms with Crippen molar-refractivity contribution in [3.05, 3.63) is 72.3 Å². The fourth-order valence-electron chi connectivity index (χ4n) is 4.02. The van der Waals surface area contributed by atoms with Crippen LogP contribution in [-0.4, -0.2) is 62.0 Å². The Bertz CT molecular complexity index is 1180. The molecule has 1 amide bonds. The fourth-order valence-corrected chi connectivity index (χ4v) is 4.02. The predicted molar refractivity (Wildman–Crippen MR) is 143 cm³/mol. The maximum absolute atomic E-state index is 12.6. The van der Waals surface area contributed by atoms with E-state index < -0.39 is 0 Å². The Balaban J connectivity index is 1.39. The molecule has 0 radical (unpaired) electrons. The second-order valence-corrected chi connectivity index (χ2v) is 9.08. The highest BCUT2D eigenvalue weighted by Gasteiger charge is 2.19. The van der Waals surface area contributed by atoms with Crippen LogP contribution in [0.15, 0.2) is 71.7 Å². The van der Waals surface area contributed by atoms with Crippen LogP contribution in [0.1, 0.15) is 23.2 Å². The minimum absolute atomic E-state index is 0.0490. The number of aliphatic imine (C=N–C) groups is 1. The van der Waals surface area contributed by atoms with Gasteiger partial charge in [-0.15, -0.1) is 0 Å². The Morgan fingerprint density at radius 3 is 2.49 bits per heavy atom. The number of anilines is 2. The summed E-state index contributed by atoms with van der Waals surface area (Å²) < 4.78 is 0. The molecule has 2 heterocycles. The summed E-state index contributed by atoms with van der Waals surface area (Å²) in [6.45, 7) is 2.01. The Kier molecular flexibility index (Phi) is 7.62. The second-order valence-electron chi connectivity index (χ2n) is 9.08. The van der Waals surface area contributed by atoms with Gasteiger partial charge in [-0.1, -0.05) is 18.2 Å². The number of amides is 1. The summed E-state index contributed by atoms with van der Waals surface area (Å²) in [6, 6.07) is 21.3. The Morgan fingerprint density at radius 1 is 1.06 bits per heavy atom. The summed E-state index contributed by atoms with van der Waals surface area (Å²) in [5, 5.41) is 6.20. The summed E-state index contributed by atoms with van der Waals surface area (Å²) in [4.78, 5) is 26.0. The molecule has 1 aliphatic heterocycles. The minimum Gasteiger partial charge on any atom is -0.378 e. The molecule has 2 aromatic carbocycles. The Hall–Kier alpha value is -3.91. The Labute approximate surface area is 206 Å². The van der Waals surface area contributed by atoms with Gasteiger partial charge in [0.1, 0.15) is 0 Å². The van der Waals surface area contributed by atoms with Crippen molar-refractivity contribution in [2.24, 2.45) is 10.7 Å². The topological polar surface area (TPSA) is 98.9 Å². The maximum Gasteiger partial charge on any atom is 0.251 e. The van der Waals surface area contributed by atoms with Crippen molar-refractivity contribution in [1.82, 2.24) is 15.2 Å². The second kappa shape index (κ2) is 11.0. The maximum atomic E-state index is 12.6. The predicted octanol–water partition coefficient (Wildman–Crippen LogP) is 3.70. The normalized spacial score (nSPS) is 15.0. The van der Waals surface area contributed by atoms with Gasteiger partial charge >= 0.3 is 0 Å². The molecule has 1 aromatic heterocycles. The lowest BCUT2D eigenvalue weighted by atomic mass is 10.0. The molecular weight excluding hydrogens is 438 g/mol. The van der Waals surface area contributed by atoms with Crippen LogP contribution in [0.5, 0.6) is 0 Å². The molecule has 0 aliphatic carbocycles. The van der Waals surface area contributed by atoms with E-state index in [9.17, 15) is 4.79 Å². The largest absolute Gasteiger partial charge is 0.378 e. The van der Waals surface area contributed by atoms with Crippen LogP contribution in [0, 0.1) is 0 Å². The molecule has 4 N–H and O–H groups in total. The van der Waals surface area contributed by atoms with Crippen LogP contribution in [0.25, 0.3) is 11.3 Å². The van der Waals surface area contributed by atoms with Crippen molar-refractivity contribution in [2.75, 3.05) is 44.4 Å². The highest BCUT2D eigenvalue weighted by molar-refractivity contribution is 5.96. The lowest BCUT2D eigenvalue weighted by Crippen LogP contribution is -2.43. The Morgan fingerprint density at radius 2 is 1.77 bits per heavy atom. The molecule has 8 heteroatoms. The van der Waals surface area contributed by atoms with Gasteiger partial charge in [-0.05, 0) is 81.5 Å². The van der Waals surface area contributed by atoms with E-state index in [0.29, 0.717) is 11.4 Å². The molecule has 182 valence electrons. The zero-order valence-electron chi connectivity index (χ0n) is 20.5. The molecule has 0 atom stereocenters. The number of aromatic nitrogens is 1. The van der Waals surface area contributed by atoms with Gasteiger partial charge in [-0.2, -0.15) is 4.99 Å². The zero-order valence-corrected chi connectivity index (χ0v) is 20.5. The highest BCUT2D eigenvalue weighted by Crippen LogP contribution is 2.24. The molecule has 8 nitrogen and oxygen atoms in total. The van der Waals surface area contributed by atoms with E-state index in [0.717, 1.165) is 48.6 Å². The van der Waals surface area contributed by atoms with Gasteiger partial charge in [0, 0.05) is 42.6 Å². The van der Waals surface area contributed by atoms with E-state index in [1.807, 2.05) is 56.6 Å². The van der Waals surface area contributed by atoms with Crippen molar-refractivity contribution in [2.45, 2.75) is 18.9 Å². The van der Waals surface area contributed by atoms with Crippen LogP contribution in [0.4, 0.5) is 17.2 Å². The van der Waals surface area contributed by atoms with Gasteiger partial charge in [0.15, 0.2) is 11.8 Å². The lowest BCUT2D eigenvalue weighted by molar-refractivity contribution is 0.0917. The molecule has 0 saturated carbocycles. The number of nitrogens with zero attached hydrogens (tertiary/aromatic N) is 4. The number of nitrogens with one attached hydrogen (secondary N) is 2. The van der Waals surface area contributed by atoms with Crippen LogP contribution in [0.2, 0.25) is 0 Å². The first-order valence-electron chi connectivity index (χ1n) is 11.8. The molecule has 35 heavy (non-hydrogen) atoms. The van der Waals surface area contributed by atoms with Gasteiger partial charge in [-0.3, -0.25) is 4.79 Å². The SMILES string of the molecule is CN1CCC(NC(=O)c2ccc(N/C(N)=N/c3cccc(-c4cccc(N(C)C)c4)n3)cc2)CC1. The number of rotatable bonds is 6. The quantitative estimate of drug-likeness (QED) is 0.375. The number of guanidine groups is 1. The third-order valence-corrected chi connectivity index (χ3v) is 6.10. The zero-order chi connectivity index (χ0) is 24.8. The van der Waals surface area contributed by atoms with Crippen molar-refractivity contribution in [3.63, 3.8) is 0 Å². The average molecular weight is 472 g/mol. The standard InChI is InChI=1S/C27H33N7O/c1-33(2)23-7-4-6-20(18-23)24-8-5-9-25(31-24)32-27(28)30-21-12-10-19(11-13-21)26(35)29-22-14-16-34(3)17-15-22/h4-13,18,22H,14-17H2,1-3H3,(H,29,35)(H3,28,30,31,32). The summed E-state index contributed by atoms with van der Waals surface area (Å²) in [7, 11) is 6.12. The first kappa shape index (κ1) is 24.2. The number of carbonyl (C=O) groups excluding carboxylic acids is 1. The van der Waals surface area contributed by atoms with Crippen molar-refractivity contribution in [3.8, 4) is 11.3 Å². The number of hydrogen-bond acceptors (Lipinski definition) is 5. The van der Waals surface area contributed by atoms with Gasteiger partial charge in [0.05, 0.1) is 5.69 Å². The van der Waals surface area contributed by atoms with Crippen LogP contribution in [-0.2, 0) is 0 Å². The van der Waals surface area contributed by atoms with Crippen molar-refractivity contribution < 1.29 is 4.79 Å². The number of benzene rings is 2. The molecule has 1 aliphatic rings. The summed E-state index contributed by atoms with van der Waals surface area (Å²) in [6.07, 6.45) is 1.95. The lowest BCUT2D eigenvalue weighted by Gasteiger charge is -2.29. The summed E-state index contributed by atoms with van der Waals surface area (Å²) >= 11 is 0. The molecule has 0 spiro atoms.